The van der Waals surface area contributed by atoms with Crippen LogP contribution in [0.4, 0.5) is 5.69 Å². The molecule has 0 unspecified atom stereocenters. The fourth-order valence-corrected chi connectivity index (χ4v) is 4.86. The van der Waals surface area contributed by atoms with Gasteiger partial charge in [-0.25, -0.2) is 8.42 Å². The maximum absolute atomic E-state index is 12.6. The predicted octanol–water partition coefficient (Wildman–Crippen LogP) is 3.15. The third-order valence-corrected chi connectivity index (χ3v) is 6.85. The Morgan fingerprint density at radius 2 is 1.55 bits per heavy atom. The van der Waals surface area contributed by atoms with Crippen molar-refractivity contribution < 1.29 is 27.4 Å². The molecule has 3 rings (SSSR count). The van der Waals surface area contributed by atoms with E-state index in [4.69, 9.17) is 14.2 Å². The molecule has 2 aromatic rings. The average Bonchev–Trinajstić information content (AvgIpc) is 3.33. The number of nitrogens with zero attached hydrogens (tertiary/aromatic N) is 1. The lowest BCUT2D eigenvalue weighted by Crippen LogP contribution is -2.27. The van der Waals surface area contributed by atoms with Crippen LogP contribution >= 0.6 is 0 Å². The first-order chi connectivity index (χ1) is 14.9. The number of methoxy groups -OCH3 is 3. The van der Waals surface area contributed by atoms with E-state index in [2.05, 4.69) is 5.32 Å². The van der Waals surface area contributed by atoms with Gasteiger partial charge in [-0.05, 0) is 60.9 Å². The number of carbonyl (C=O) groups excluding carboxylic acids is 1. The first-order valence-electron chi connectivity index (χ1n) is 9.78. The minimum Gasteiger partial charge on any atom is -0.493 e. The molecular weight excluding hydrogens is 420 g/mol. The molecule has 1 amide bonds. The second kappa shape index (κ2) is 9.84. The zero-order valence-electron chi connectivity index (χ0n) is 17.8. The summed E-state index contributed by atoms with van der Waals surface area (Å²) in [6.07, 6.45) is 4.75. The van der Waals surface area contributed by atoms with Crippen LogP contribution in [-0.2, 0) is 14.8 Å². The molecule has 0 radical (unpaired) electrons. The molecule has 1 heterocycles. The van der Waals surface area contributed by atoms with Gasteiger partial charge in [-0.1, -0.05) is 0 Å². The lowest BCUT2D eigenvalue weighted by molar-refractivity contribution is -0.111. The fraction of sp³-hybridized carbons (Fsp3) is 0.318. The number of hydrogen-bond acceptors (Lipinski definition) is 6. The largest absolute Gasteiger partial charge is 0.493 e. The van der Waals surface area contributed by atoms with E-state index in [1.807, 2.05) is 0 Å². The van der Waals surface area contributed by atoms with E-state index in [0.29, 0.717) is 41.6 Å². The Morgan fingerprint density at radius 3 is 2.06 bits per heavy atom. The van der Waals surface area contributed by atoms with Gasteiger partial charge in [0.1, 0.15) is 0 Å². The zero-order valence-corrected chi connectivity index (χ0v) is 18.6. The van der Waals surface area contributed by atoms with Crippen molar-refractivity contribution >= 4 is 27.7 Å². The van der Waals surface area contributed by atoms with Gasteiger partial charge in [0.2, 0.25) is 21.7 Å². The number of ether oxygens (including phenoxy) is 3. The Kier molecular flexibility index (Phi) is 7.19. The summed E-state index contributed by atoms with van der Waals surface area (Å²) < 4.78 is 42.5. The van der Waals surface area contributed by atoms with Gasteiger partial charge in [0, 0.05) is 24.9 Å². The van der Waals surface area contributed by atoms with Gasteiger partial charge in [-0.3, -0.25) is 4.79 Å². The fourth-order valence-electron chi connectivity index (χ4n) is 3.34. The number of benzene rings is 2. The normalized spacial score (nSPS) is 14.5. The van der Waals surface area contributed by atoms with Crippen LogP contribution in [0, 0.1) is 0 Å². The van der Waals surface area contributed by atoms with Gasteiger partial charge in [0.15, 0.2) is 11.5 Å². The van der Waals surface area contributed by atoms with Crippen molar-refractivity contribution in [1.82, 2.24) is 4.31 Å². The number of carbonyl (C=O) groups is 1. The molecule has 166 valence electrons. The summed E-state index contributed by atoms with van der Waals surface area (Å²) in [4.78, 5) is 12.5. The molecule has 0 aliphatic carbocycles. The quantitative estimate of drug-likeness (QED) is 0.626. The number of amides is 1. The van der Waals surface area contributed by atoms with E-state index in [0.717, 1.165) is 12.8 Å². The van der Waals surface area contributed by atoms with Crippen LogP contribution in [0.3, 0.4) is 0 Å². The molecule has 1 fully saturated rings. The summed E-state index contributed by atoms with van der Waals surface area (Å²) in [5.41, 5.74) is 1.19. The SMILES string of the molecule is COc1cc(/C=C\C(=O)Nc2ccc(S(=O)(=O)N3CCCC3)cc2)cc(OC)c1OC. The average molecular weight is 447 g/mol. The maximum Gasteiger partial charge on any atom is 0.248 e. The van der Waals surface area contributed by atoms with Crippen LogP contribution in [0.2, 0.25) is 0 Å². The number of hydrogen-bond donors (Lipinski definition) is 1. The Balaban J connectivity index is 1.69. The molecule has 9 heteroatoms. The minimum atomic E-state index is -3.48. The number of rotatable bonds is 8. The molecule has 0 spiro atoms. The lowest BCUT2D eigenvalue weighted by atomic mass is 10.1. The molecule has 0 bridgehead atoms. The number of anilines is 1. The van der Waals surface area contributed by atoms with Crippen molar-refractivity contribution in [2.24, 2.45) is 0 Å². The van der Waals surface area contributed by atoms with Crippen LogP contribution in [0.15, 0.2) is 47.4 Å². The molecule has 1 aliphatic rings. The van der Waals surface area contributed by atoms with Crippen molar-refractivity contribution in [2.75, 3.05) is 39.7 Å². The Hall–Kier alpha value is -3.04. The lowest BCUT2D eigenvalue weighted by Gasteiger charge is -2.15. The highest BCUT2D eigenvalue weighted by Crippen LogP contribution is 2.38. The van der Waals surface area contributed by atoms with Gasteiger partial charge in [-0.2, -0.15) is 4.31 Å². The Bertz CT molecular complexity index is 1030. The van der Waals surface area contributed by atoms with Crippen molar-refractivity contribution in [3.8, 4) is 17.2 Å². The third-order valence-electron chi connectivity index (χ3n) is 4.94. The van der Waals surface area contributed by atoms with Crippen LogP contribution in [0.1, 0.15) is 18.4 Å². The molecule has 0 saturated carbocycles. The summed E-state index contributed by atoms with van der Waals surface area (Å²) >= 11 is 0. The molecule has 1 saturated heterocycles. The molecule has 0 atom stereocenters. The highest BCUT2D eigenvalue weighted by molar-refractivity contribution is 7.89. The third kappa shape index (κ3) is 5.18. The van der Waals surface area contributed by atoms with Gasteiger partial charge in [0.05, 0.1) is 26.2 Å². The first kappa shape index (κ1) is 22.6. The molecule has 1 N–H and O–H groups in total. The summed E-state index contributed by atoms with van der Waals surface area (Å²) in [5.74, 6) is 1.08. The van der Waals surface area contributed by atoms with Crippen LogP contribution in [0.25, 0.3) is 6.08 Å². The van der Waals surface area contributed by atoms with E-state index in [-0.39, 0.29) is 10.8 Å². The number of nitrogens with one attached hydrogen (secondary N) is 1. The highest BCUT2D eigenvalue weighted by Gasteiger charge is 2.26. The summed E-state index contributed by atoms with van der Waals surface area (Å²) in [7, 11) is 1.08. The molecule has 2 aromatic carbocycles. The second-order valence-electron chi connectivity index (χ2n) is 6.92. The molecule has 8 nitrogen and oxygen atoms in total. The predicted molar refractivity (Wildman–Crippen MR) is 118 cm³/mol. The van der Waals surface area contributed by atoms with Gasteiger partial charge >= 0.3 is 0 Å². The van der Waals surface area contributed by atoms with E-state index < -0.39 is 10.0 Å². The molecule has 31 heavy (non-hydrogen) atoms. The monoisotopic (exact) mass is 446 g/mol. The maximum atomic E-state index is 12.6. The Labute approximate surface area is 182 Å². The zero-order chi connectivity index (χ0) is 22.4. The van der Waals surface area contributed by atoms with E-state index in [9.17, 15) is 13.2 Å². The molecule has 1 aliphatic heterocycles. The summed E-state index contributed by atoms with van der Waals surface area (Å²) in [6.45, 7) is 1.10. The van der Waals surface area contributed by atoms with E-state index in [1.165, 1.54) is 43.8 Å². The summed E-state index contributed by atoms with van der Waals surface area (Å²) in [6, 6.07) is 9.62. The van der Waals surface area contributed by atoms with Gasteiger partial charge in [-0.15, -0.1) is 0 Å². The van der Waals surface area contributed by atoms with Crippen LogP contribution in [-0.4, -0.2) is 53.0 Å². The van der Waals surface area contributed by atoms with Crippen molar-refractivity contribution in [1.29, 1.82) is 0 Å². The number of sulfonamides is 1. The van der Waals surface area contributed by atoms with Crippen molar-refractivity contribution in [3.63, 3.8) is 0 Å². The van der Waals surface area contributed by atoms with Crippen LogP contribution in [0.5, 0.6) is 17.2 Å². The topological polar surface area (TPSA) is 94.2 Å². The van der Waals surface area contributed by atoms with Gasteiger partial charge < -0.3 is 19.5 Å². The van der Waals surface area contributed by atoms with E-state index in [1.54, 1.807) is 30.3 Å². The summed E-state index contributed by atoms with van der Waals surface area (Å²) in [5, 5.41) is 2.72. The van der Waals surface area contributed by atoms with Crippen molar-refractivity contribution in [3.05, 3.63) is 48.0 Å². The highest BCUT2D eigenvalue weighted by atomic mass is 32.2. The first-order valence-corrected chi connectivity index (χ1v) is 11.2. The minimum absolute atomic E-state index is 0.223. The smallest absolute Gasteiger partial charge is 0.248 e. The standard InChI is InChI=1S/C22H26N2O6S/c1-28-19-14-16(15-20(29-2)22(19)30-3)6-11-21(25)23-17-7-9-18(10-8-17)31(26,27)24-12-4-5-13-24/h6-11,14-15H,4-5,12-13H2,1-3H3,(H,23,25)/b11-6-. The van der Waals surface area contributed by atoms with Gasteiger partial charge in [0.25, 0.3) is 0 Å². The van der Waals surface area contributed by atoms with Crippen molar-refractivity contribution in [2.45, 2.75) is 17.7 Å². The van der Waals surface area contributed by atoms with E-state index >= 15 is 0 Å². The molecular formula is C22H26N2O6S. The van der Waals surface area contributed by atoms with Crippen LogP contribution < -0.4 is 19.5 Å². The second-order valence-corrected chi connectivity index (χ2v) is 8.85. The Morgan fingerprint density at radius 1 is 0.968 bits per heavy atom. The molecule has 0 aromatic heterocycles.